The predicted molar refractivity (Wildman–Crippen MR) is 90.4 cm³/mol. The Balaban J connectivity index is 1.75. The van der Waals surface area contributed by atoms with E-state index < -0.39 is 6.03 Å². The van der Waals surface area contributed by atoms with Gasteiger partial charge in [-0.2, -0.15) is 5.10 Å². The lowest BCUT2D eigenvalue weighted by molar-refractivity contribution is 0.262. The standard InChI is InChI=1S/C16H16N6O2/c1-11-10-12(22-8-3-6-18-22)4-5-13(11)19-16(24)20-14-15(23)21(2)9-7-17-14/h3-10H,1-2H3,(H2,17,19,20,24). The van der Waals surface area contributed by atoms with Gasteiger partial charge in [0.1, 0.15) is 0 Å². The van der Waals surface area contributed by atoms with Gasteiger partial charge in [-0.15, -0.1) is 0 Å². The van der Waals surface area contributed by atoms with Crippen LogP contribution in [0.4, 0.5) is 16.3 Å². The van der Waals surface area contributed by atoms with Crippen LogP contribution in [0.5, 0.6) is 0 Å². The molecule has 122 valence electrons. The number of hydrogen-bond acceptors (Lipinski definition) is 4. The zero-order valence-electron chi connectivity index (χ0n) is 13.2. The topological polar surface area (TPSA) is 93.8 Å². The van der Waals surface area contributed by atoms with Crippen LogP contribution in [0.25, 0.3) is 5.69 Å². The van der Waals surface area contributed by atoms with Crippen LogP contribution >= 0.6 is 0 Å². The lowest BCUT2D eigenvalue weighted by Crippen LogP contribution is -2.28. The minimum atomic E-state index is -0.527. The molecule has 0 radical (unpaired) electrons. The summed E-state index contributed by atoms with van der Waals surface area (Å²) in [6.45, 7) is 1.88. The second kappa shape index (κ2) is 6.37. The van der Waals surface area contributed by atoms with Crippen LogP contribution in [0.15, 0.2) is 53.8 Å². The smallest absolute Gasteiger partial charge is 0.314 e. The van der Waals surface area contributed by atoms with Crippen LogP contribution in [0.1, 0.15) is 5.56 Å². The van der Waals surface area contributed by atoms with Crippen molar-refractivity contribution in [1.29, 1.82) is 0 Å². The number of benzene rings is 1. The van der Waals surface area contributed by atoms with Gasteiger partial charge in [0.25, 0.3) is 5.56 Å². The molecule has 0 saturated heterocycles. The number of hydrogen-bond donors (Lipinski definition) is 2. The first kappa shape index (κ1) is 15.5. The summed E-state index contributed by atoms with van der Waals surface area (Å²) in [7, 11) is 1.59. The van der Waals surface area contributed by atoms with E-state index in [2.05, 4.69) is 20.7 Å². The monoisotopic (exact) mass is 324 g/mol. The fourth-order valence-electron chi connectivity index (χ4n) is 2.20. The fraction of sp³-hybridized carbons (Fsp3) is 0.125. The van der Waals surface area contributed by atoms with Crippen LogP contribution in [0.3, 0.4) is 0 Å². The maximum absolute atomic E-state index is 12.1. The van der Waals surface area contributed by atoms with Crippen molar-refractivity contribution in [3.8, 4) is 5.69 Å². The number of amides is 2. The molecule has 0 saturated carbocycles. The van der Waals surface area contributed by atoms with E-state index in [1.54, 1.807) is 24.0 Å². The van der Waals surface area contributed by atoms with Crippen LogP contribution < -0.4 is 16.2 Å². The molecule has 0 spiro atoms. The predicted octanol–water partition coefficient (Wildman–Crippen LogP) is 1.92. The molecule has 3 aromatic rings. The number of rotatable bonds is 3. The third-order valence-corrected chi connectivity index (χ3v) is 3.48. The van der Waals surface area contributed by atoms with Crippen LogP contribution in [-0.2, 0) is 7.05 Å². The molecule has 1 aromatic carbocycles. The Morgan fingerprint density at radius 2 is 2.00 bits per heavy atom. The van der Waals surface area contributed by atoms with Crippen LogP contribution in [0.2, 0.25) is 0 Å². The third kappa shape index (κ3) is 3.17. The summed E-state index contributed by atoms with van der Waals surface area (Å²) in [4.78, 5) is 27.8. The SMILES string of the molecule is Cc1cc(-n2cccn2)ccc1NC(=O)Nc1nccn(C)c1=O. The van der Waals surface area contributed by atoms with E-state index in [0.29, 0.717) is 5.69 Å². The van der Waals surface area contributed by atoms with Gasteiger partial charge >= 0.3 is 6.03 Å². The lowest BCUT2D eigenvalue weighted by Gasteiger charge is -2.11. The zero-order chi connectivity index (χ0) is 17.1. The minimum Gasteiger partial charge on any atom is -0.314 e. The number of anilines is 2. The van der Waals surface area contributed by atoms with Crippen molar-refractivity contribution in [1.82, 2.24) is 19.3 Å². The fourth-order valence-corrected chi connectivity index (χ4v) is 2.20. The van der Waals surface area contributed by atoms with E-state index in [0.717, 1.165) is 11.3 Å². The minimum absolute atomic E-state index is 0.0247. The molecule has 2 heterocycles. The van der Waals surface area contributed by atoms with Crippen molar-refractivity contribution >= 4 is 17.5 Å². The first-order chi connectivity index (χ1) is 11.5. The molecule has 0 atom stereocenters. The second-order valence-electron chi connectivity index (χ2n) is 5.22. The highest BCUT2D eigenvalue weighted by Crippen LogP contribution is 2.18. The summed E-state index contributed by atoms with van der Waals surface area (Å²) in [5, 5.41) is 9.33. The van der Waals surface area contributed by atoms with Crippen molar-refractivity contribution in [3.05, 3.63) is 65.0 Å². The molecule has 0 aliphatic carbocycles. The first-order valence-corrected chi connectivity index (χ1v) is 7.25. The van der Waals surface area contributed by atoms with Crippen LogP contribution in [0, 0.1) is 6.92 Å². The number of aryl methyl sites for hydroxylation is 2. The molecule has 2 aromatic heterocycles. The summed E-state index contributed by atoms with van der Waals surface area (Å²) >= 11 is 0. The van der Waals surface area contributed by atoms with Gasteiger partial charge in [-0.25, -0.2) is 14.5 Å². The Hall–Kier alpha value is -3.42. The van der Waals surface area contributed by atoms with Gasteiger partial charge in [-0.1, -0.05) is 0 Å². The van der Waals surface area contributed by atoms with Gasteiger partial charge < -0.3 is 9.88 Å². The van der Waals surface area contributed by atoms with E-state index in [1.807, 2.05) is 31.3 Å². The Labute approximate surface area is 137 Å². The van der Waals surface area contributed by atoms with E-state index in [-0.39, 0.29) is 11.4 Å². The molecular formula is C16H16N6O2. The average Bonchev–Trinajstić information content (AvgIpc) is 3.08. The molecule has 2 amide bonds. The summed E-state index contributed by atoms with van der Waals surface area (Å²) in [5.41, 5.74) is 2.02. The average molecular weight is 324 g/mol. The summed E-state index contributed by atoms with van der Waals surface area (Å²) < 4.78 is 3.07. The molecule has 8 heteroatoms. The number of carbonyl (C=O) groups excluding carboxylic acids is 1. The van der Waals surface area contributed by atoms with Crippen LogP contribution in [-0.4, -0.2) is 25.4 Å². The number of nitrogens with one attached hydrogen (secondary N) is 2. The maximum Gasteiger partial charge on any atom is 0.325 e. The second-order valence-corrected chi connectivity index (χ2v) is 5.22. The van der Waals surface area contributed by atoms with Gasteiger partial charge in [-0.05, 0) is 36.8 Å². The van der Waals surface area contributed by atoms with Crippen molar-refractivity contribution < 1.29 is 4.79 Å². The van der Waals surface area contributed by atoms with Gasteiger partial charge in [0.05, 0.1) is 5.69 Å². The quantitative estimate of drug-likeness (QED) is 0.769. The Morgan fingerprint density at radius 1 is 1.17 bits per heavy atom. The molecule has 24 heavy (non-hydrogen) atoms. The number of urea groups is 1. The molecule has 0 fully saturated rings. The molecular weight excluding hydrogens is 308 g/mol. The molecule has 3 rings (SSSR count). The van der Waals surface area contributed by atoms with Gasteiger partial charge in [-0.3, -0.25) is 10.1 Å². The normalized spacial score (nSPS) is 10.4. The van der Waals surface area contributed by atoms with Crippen molar-refractivity contribution in [3.63, 3.8) is 0 Å². The van der Waals surface area contributed by atoms with Gasteiger partial charge in [0.15, 0.2) is 0 Å². The first-order valence-electron chi connectivity index (χ1n) is 7.25. The highest BCUT2D eigenvalue weighted by atomic mass is 16.2. The van der Waals surface area contributed by atoms with Crippen molar-refractivity contribution in [2.24, 2.45) is 7.05 Å². The highest BCUT2D eigenvalue weighted by Gasteiger charge is 2.10. The van der Waals surface area contributed by atoms with E-state index in [1.165, 1.54) is 17.0 Å². The Bertz CT molecular complexity index is 930. The lowest BCUT2D eigenvalue weighted by atomic mass is 10.2. The maximum atomic E-state index is 12.1. The molecule has 0 aliphatic rings. The van der Waals surface area contributed by atoms with E-state index in [4.69, 9.17) is 0 Å². The Kier molecular flexibility index (Phi) is 4.11. The zero-order valence-corrected chi connectivity index (χ0v) is 13.2. The van der Waals surface area contributed by atoms with Gasteiger partial charge in [0.2, 0.25) is 5.82 Å². The summed E-state index contributed by atoms with van der Waals surface area (Å²) in [5.74, 6) is -0.0247. The summed E-state index contributed by atoms with van der Waals surface area (Å²) in [6.07, 6.45) is 6.50. The summed E-state index contributed by atoms with van der Waals surface area (Å²) in [6, 6.07) is 6.84. The third-order valence-electron chi connectivity index (χ3n) is 3.48. The van der Waals surface area contributed by atoms with Crippen molar-refractivity contribution in [2.75, 3.05) is 10.6 Å². The molecule has 0 unspecified atom stereocenters. The Morgan fingerprint density at radius 3 is 2.71 bits per heavy atom. The number of nitrogens with zero attached hydrogens (tertiary/aromatic N) is 4. The van der Waals surface area contributed by atoms with E-state index >= 15 is 0 Å². The molecule has 0 aliphatic heterocycles. The molecule has 0 bridgehead atoms. The molecule has 2 N–H and O–H groups in total. The number of carbonyl (C=O) groups is 1. The van der Waals surface area contributed by atoms with Gasteiger partial charge in [0, 0.05) is 37.5 Å². The van der Waals surface area contributed by atoms with Crippen molar-refractivity contribution in [2.45, 2.75) is 6.92 Å². The molecule has 8 nitrogen and oxygen atoms in total. The van der Waals surface area contributed by atoms with E-state index in [9.17, 15) is 9.59 Å². The largest absolute Gasteiger partial charge is 0.325 e. The highest BCUT2D eigenvalue weighted by molar-refractivity contribution is 5.99. The number of aromatic nitrogens is 4.